The Kier molecular flexibility index (Phi) is 6.25. The summed E-state index contributed by atoms with van der Waals surface area (Å²) in [6.45, 7) is -0.0849. The van der Waals surface area contributed by atoms with Crippen molar-refractivity contribution in [2.45, 2.75) is 11.4 Å². The number of methoxy groups -OCH3 is 1. The first-order valence-electron chi connectivity index (χ1n) is 7.90. The molecule has 3 aromatic rings. The lowest BCUT2D eigenvalue weighted by molar-refractivity contribution is 0.102. The summed E-state index contributed by atoms with van der Waals surface area (Å²) in [5, 5.41) is 11.3. The number of rotatable bonds is 7. The van der Waals surface area contributed by atoms with Crippen LogP contribution in [0.5, 0.6) is 5.75 Å². The average Bonchev–Trinajstić information content (AvgIpc) is 3.17. The second kappa shape index (κ2) is 8.65. The van der Waals surface area contributed by atoms with Crippen LogP contribution in [0, 0.1) is 0 Å². The molecule has 2 aromatic carbocycles. The molecule has 0 unspecified atom stereocenters. The van der Waals surface area contributed by atoms with Crippen LogP contribution in [0.3, 0.4) is 0 Å². The third kappa shape index (κ3) is 5.04. The molecule has 0 radical (unpaired) electrons. The summed E-state index contributed by atoms with van der Waals surface area (Å²) >= 11 is 6.76. The van der Waals surface area contributed by atoms with E-state index in [1.165, 1.54) is 24.3 Å². The largest absolute Gasteiger partial charge is 0.497 e. The van der Waals surface area contributed by atoms with E-state index >= 15 is 0 Å². The van der Waals surface area contributed by atoms with Gasteiger partial charge in [0, 0.05) is 10.7 Å². The molecule has 1 aromatic heterocycles. The van der Waals surface area contributed by atoms with Gasteiger partial charge >= 0.3 is 0 Å². The predicted octanol–water partition coefficient (Wildman–Crippen LogP) is 2.93. The normalized spacial score (nSPS) is 11.2. The van der Waals surface area contributed by atoms with E-state index in [2.05, 4.69) is 20.2 Å². The van der Waals surface area contributed by atoms with Gasteiger partial charge < -0.3 is 10.1 Å². The summed E-state index contributed by atoms with van der Waals surface area (Å²) < 4.78 is 32.0. The molecule has 3 rings (SSSR count). The number of ether oxygens (including phenoxy) is 1. The molecule has 0 aliphatic carbocycles. The average molecular weight is 439 g/mol. The fraction of sp³-hybridized carbons (Fsp3) is 0.118. The second-order valence-electron chi connectivity index (χ2n) is 5.46. The van der Waals surface area contributed by atoms with E-state index in [1.54, 1.807) is 31.4 Å². The van der Waals surface area contributed by atoms with Gasteiger partial charge in [0.2, 0.25) is 15.0 Å². The van der Waals surface area contributed by atoms with Crippen LogP contribution in [-0.2, 0) is 16.6 Å². The van der Waals surface area contributed by atoms with Gasteiger partial charge in [-0.3, -0.25) is 4.79 Å². The topological polar surface area (TPSA) is 110 Å². The number of hydrogen-bond acceptors (Lipinski definition) is 7. The molecule has 1 amide bonds. The number of nitrogens with one attached hydrogen (secondary N) is 2. The monoisotopic (exact) mass is 438 g/mol. The highest BCUT2D eigenvalue weighted by Crippen LogP contribution is 2.18. The Morgan fingerprint density at radius 2 is 1.79 bits per heavy atom. The number of hydrogen-bond donors (Lipinski definition) is 2. The van der Waals surface area contributed by atoms with Gasteiger partial charge in [-0.15, -0.1) is 10.2 Å². The SMILES string of the molecule is COc1ccc(NC(=O)c2nnc(CNS(=O)(=O)c3ccc(Cl)cc3)s2)cc1. The van der Waals surface area contributed by atoms with E-state index in [4.69, 9.17) is 16.3 Å². The molecule has 0 aliphatic rings. The van der Waals surface area contributed by atoms with Crippen molar-refractivity contribution in [3.63, 3.8) is 0 Å². The first-order chi connectivity index (χ1) is 13.4. The summed E-state index contributed by atoms with van der Waals surface area (Å²) in [6, 6.07) is 12.6. The molecule has 11 heteroatoms. The van der Waals surface area contributed by atoms with Crippen molar-refractivity contribution in [2.24, 2.45) is 0 Å². The number of carbonyl (C=O) groups is 1. The van der Waals surface area contributed by atoms with Gasteiger partial charge in [0.1, 0.15) is 10.8 Å². The van der Waals surface area contributed by atoms with Crippen molar-refractivity contribution < 1.29 is 17.9 Å². The number of aromatic nitrogens is 2. The van der Waals surface area contributed by atoms with Crippen LogP contribution in [0.15, 0.2) is 53.4 Å². The van der Waals surface area contributed by atoms with Crippen LogP contribution < -0.4 is 14.8 Å². The van der Waals surface area contributed by atoms with Crippen molar-refractivity contribution in [2.75, 3.05) is 12.4 Å². The molecular formula is C17H15ClN4O4S2. The van der Waals surface area contributed by atoms with E-state index in [-0.39, 0.29) is 16.4 Å². The van der Waals surface area contributed by atoms with Crippen molar-refractivity contribution in [3.05, 3.63) is 63.6 Å². The van der Waals surface area contributed by atoms with E-state index in [0.29, 0.717) is 21.5 Å². The highest BCUT2D eigenvalue weighted by Gasteiger charge is 2.17. The molecule has 0 spiro atoms. The maximum absolute atomic E-state index is 12.3. The van der Waals surface area contributed by atoms with Crippen LogP contribution in [0.2, 0.25) is 5.02 Å². The second-order valence-corrected chi connectivity index (χ2v) is 8.73. The Labute approximate surface area is 170 Å². The van der Waals surface area contributed by atoms with Crippen molar-refractivity contribution in [1.82, 2.24) is 14.9 Å². The zero-order valence-corrected chi connectivity index (χ0v) is 16.9. The quantitative estimate of drug-likeness (QED) is 0.586. The number of benzene rings is 2. The summed E-state index contributed by atoms with van der Waals surface area (Å²) in [7, 11) is -2.17. The third-order valence-electron chi connectivity index (χ3n) is 3.55. The number of sulfonamides is 1. The molecule has 0 bridgehead atoms. The number of carbonyl (C=O) groups excluding carboxylic acids is 1. The van der Waals surface area contributed by atoms with E-state index in [9.17, 15) is 13.2 Å². The molecule has 0 saturated carbocycles. The maximum atomic E-state index is 12.3. The first-order valence-corrected chi connectivity index (χ1v) is 10.6. The Morgan fingerprint density at radius 3 is 2.43 bits per heavy atom. The molecule has 28 heavy (non-hydrogen) atoms. The fourth-order valence-corrected chi connectivity index (χ4v) is 4.01. The Morgan fingerprint density at radius 1 is 1.11 bits per heavy atom. The Balaban J connectivity index is 1.61. The number of nitrogens with zero attached hydrogens (tertiary/aromatic N) is 2. The third-order valence-corrected chi connectivity index (χ3v) is 6.14. The maximum Gasteiger partial charge on any atom is 0.286 e. The molecule has 8 nitrogen and oxygen atoms in total. The standard InChI is InChI=1S/C17H15ClN4O4S2/c1-26-13-6-4-12(5-7-13)20-16(23)17-22-21-15(27-17)10-19-28(24,25)14-8-2-11(18)3-9-14/h2-9,19H,10H2,1H3,(H,20,23). The molecule has 0 atom stereocenters. The summed E-state index contributed by atoms with van der Waals surface area (Å²) in [5.74, 6) is 0.235. The van der Waals surface area contributed by atoms with E-state index in [0.717, 1.165) is 11.3 Å². The van der Waals surface area contributed by atoms with Gasteiger partial charge in [-0.2, -0.15) is 0 Å². The number of anilines is 1. The van der Waals surface area contributed by atoms with Gasteiger partial charge in [0.05, 0.1) is 18.6 Å². The van der Waals surface area contributed by atoms with Crippen molar-refractivity contribution in [3.8, 4) is 5.75 Å². The molecule has 0 fully saturated rings. The minimum Gasteiger partial charge on any atom is -0.497 e. The van der Waals surface area contributed by atoms with Crippen molar-refractivity contribution in [1.29, 1.82) is 0 Å². The lowest BCUT2D eigenvalue weighted by Gasteiger charge is -2.05. The summed E-state index contributed by atoms with van der Waals surface area (Å²) in [5.41, 5.74) is 0.575. The first kappa shape index (κ1) is 20.2. The van der Waals surface area contributed by atoms with E-state index < -0.39 is 15.9 Å². The van der Waals surface area contributed by atoms with Crippen LogP contribution in [0.25, 0.3) is 0 Å². The molecule has 1 heterocycles. The summed E-state index contributed by atoms with van der Waals surface area (Å²) in [6.07, 6.45) is 0. The molecule has 0 saturated heterocycles. The smallest absolute Gasteiger partial charge is 0.286 e. The van der Waals surface area contributed by atoms with Crippen LogP contribution in [0.4, 0.5) is 5.69 Å². The van der Waals surface area contributed by atoms with Gasteiger partial charge in [0.25, 0.3) is 5.91 Å². The lowest BCUT2D eigenvalue weighted by atomic mass is 10.3. The van der Waals surface area contributed by atoms with Gasteiger partial charge in [-0.25, -0.2) is 13.1 Å². The zero-order chi connectivity index (χ0) is 20.1. The number of halogens is 1. The molecule has 0 aliphatic heterocycles. The molecule has 2 N–H and O–H groups in total. The highest BCUT2D eigenvalue weighted by atomic mass is 35.5. The summed E-state index contributed by atoms with van der Waals surface area (Å²) in [4.78, 5) is 12.3. The fourth-order valence-electron chi connectivity index (χ4n) is 2.13. The molecular weight excluding hydrogens is 424 g/mol. The Bertz CT molecular complexity index is 1070. The minimum absolute atomic E-state index is 0.0823. The van der Waals surface area contributed by atoms with Crippen LogP contribution >= 0.6 is 22.9 Å². The van der Waals surface area contributed by atoms with Crippen LogP contribution in [-0.4, -0.2) is 31.6 Å². The van der Waals surface area contributed by atoms with Crippen molar-refractivity contribution >= 4 is 44.6 Å². The van der Waals surface area contributed by atoms with Gasteiger partial charge in [-0.05, 0) is 48.5 Å². The van der Waals surface area contributed by atoms with Crippen LogP contribution in [0.1, 0.15) is 14.8 Å². The highest BCUT2D eigenvalue weighted by molar-refractivity contribution is 7.89. The number of amides is 1. The zero-order valence-electron chi connectivity index (χ0n) is 14.5. The lowest BCUT2D eigenvalue weighted by Crippen LogP contribution is -2.23. The van der Waals surface area contributed by atoms with Gasteiger partial charge in [0.15, 0.2) is 0 Å². The van der Waals surface area contributed by atoms with Gasteiger partial charge in [-0.1, -0.05) is 22.9 Å². The predicted molar refractivity (Wildman–Crippen MR) is 106 cm³/mol. The van der Waals surface area contributed by atoms with E-state index in [1.807, 2.05) is 0 Å². The minimum atomic E-state index is -3.72. The Hall–Kier alpha value is -2.53. The molecule has 146 valence electrons.